The van der Waals surface area contributed by atoms with Gasteiger partial charge in [0, 0.05) is 0 Å². The average Bonchev–Trinajstić information content (AvgIpc) is 0.830. The van der Waals surface area contributed by atoms with E-state index in [0.717, 1.165) is 44.3 Å². The summed E-state index contributed by atoms with van der Waals surface area (Å²) < 4.78 is 68.0. The van der Waals surface area contributed by atoms with E-state index in [4.69, 9.17) is 56.8 Å². The van der Waals surface area contributed by atoms with Gasteiger partial charge in [0.05, 0.1) is 61.6 Å². The van der Waals surface area contributed by atoms with E-state index < -0.39 is 155 Å². The Morgan fingerprint density at radius 3 is 0.875 bits per heavy atom. The Balaban J connectivity index is 0.000000270. The lowest BCUT2D eigenvalue weighted by Crippen LogP contribution is -2.47. The Hall–Kier alpha value is -8.32. The molecule has 0 amide bonds. The molecule has 4 aromatic carbocycles. The summed E-state index contributed by atoms with van der Waals surface area (Å²) in [6, 6.07) is 37.5. The van der Waals surface area contributed by atoms with Crippen molar-refractivity contribution in [3.63, 3.8) is 0 Å². The number of para-hydroxylation sites is 4. The number of cyclic esters (lactones) is 4. The molecule has 0 saturated carbocycles. The first-order chi connectivity index (χ1) is 52.6. The van der Waals surface area contributed by atoms with Crippen LogP contribution in [0.15, 0.2) is 121 Å². The van der Waals surface area contributed by atoms with Gasteiger partial charge >= 0.3 is 47.8 Å². The number of carbonyl (C=O) groups is 8. The Morgan fingerprint density at radius 1 is 0.312 bits per heavy atom. The van der Waals surface area contributed by atoms with Gasteiger partial charge < -0.3 is 77.3 Å². The van der Waals surface area contributed by atoms with Crippen LogP contribution in [0.25, 0.3) is 0 Å². The summed E-state index contributed by atoms with van der Waals surface area (Å²) in [5.74, 6) is -3.00. The zero-order valence-corrected chi connectivity index (χ0v) is 68.9. The zero-order valence-electron chi connectivity index (χ0n) is 68.9. The number of ether oxygens (including phenoxy) is 12. The van der Waals surface area contributed by atoms with Gasteiger partial charge in [-0.15, -0.1) is 0 Å². The molecule has 0 bridgehead atoms. The number of hydrogen-bond donors (Lipinski definition) is 4. The highest BCUT2D eigenvalue weighted by atomic mass is 16.6. The van der Waals surface area contributed by atoms with E-state index in [1.807, 2.05) is 137 Å². The monoisotopic (exact) mass is 1570 g/mol. The van der Waals surface area contributed by atoms with Crippen molar-refractivity contribution in [1.29, 1.82) is 0 Å². The molecule has 24 nitrogen and oxygen atoms in total. The van der Waals surface area contributed by atoms with Crippen LogP contribution in [0.5, 0.6) is 23.0 Å². The third kappa shape index (κ3) is 36.7. The molecule has 112 heavy (non-hydrogen) atoms. The van der Waals surface area contributed by atoms with E-state index in [0.29, 0.717) is 81.5 Å². The Labute approximate surface area is 663 Å². The van der Waals surface area contributed by atoms with Crippen LogP contribution in [-0.4, -0.2) is 164 Å². The fourth-order valence-electron chi connectivity index (χ4n) is 13.1. The molecule has 0 aliphatic carbocycles. The van der Waals surface area contributed by atoms with Gasteiger partial charge in [0.15, 0.2) is 12.2 Å². The lowest BCUT2D eigenvalue weighted by Gasteiger charge is -2.34. The van der Waals surface area contributed by atoms with Crippen LogP contribution in [0.4, 0.5) is 0 Å². The molecule has 0 radical (unpaired) electrons. The second-order valence-electron chi connectivity index (χ2n) is 33.5. The van der Waals surface area contributed by atoms with Crippen molar-refractivity contribution in [2.45, 2.75) is 335 Å². The molecule has 4 aliphatic heterocycles. The lowest BCUT2D eigenvalue weighted by atomic mass is 9.94. The highest BCUT2D eigenvalue weighted by molar-refractivity contribution is 5.82. The molecular formula is C88H128O24. The van der Waals surface area contributed by atoms with Crippen LogP contribution in [0, 0.1) is 23.7 Å². The van der Waals surface area contributed by atoms with Crippen LogP contribution < -0.4 is 18.9 Å². The largest absolute Gasteiger partial charge is 0.488 e. The third-order valence-electron chi connectivity index (χ3n) is 18.6. The van der Waals surface area contributed by atoms with Crippen LogP contribution in [-0.2, 0) is 76.3 Å². The predicted octanol–water partition coefficient (Wildman–Crippen LogP) is 14.6. The van der Waals surface area contributed by atoms with Crippen molar-refractivity contribution in [3.05, 3.63) is 121 Å². The van der Waals surface area contributed by atoms with E-state index in [1.165, 1.54) is 6.92 Å². The molecule has 16 atom stereocenters. The normalized spacial score (nSPS) is 26.8. The Kier molecular flexibility index (Phi) is 38.8. The summed E-state index contributed by atoms with van der Waals surface area (Å²) in [5, 5.41) is 40.9. The molecule has 8 rings (SSSR count). The second kappa shape index (κ2) is 46.1. The Bertz CT molecular complexity index is 3450. The van der Waals surface area contributed by atoms with Crippen molar-refractivity contribution in [2.24, 2.45) is 23.7 Å². The first-order valence-corrected chi connectivity index (χ1v) is 39.9. The summed E-state index contributed by atoms with van der Waals surface area (Å²) in [6.07, 6.45) is 1.94. The summed E-state index contributed by atoms with van der Waals surface area (Å²) in [7, 11) is 0. The van der Waals surface area contributed by atoms with Crippen molar-refractivity contribution in [1.82, 2.24) is 0 Å². The zero-order chi connectivity index (χ0) is 82.9. The number of aliphatic hydroxyl groups is 4. The number of benzene rings is 4. The van der Waals surface area contributed by atoms with E-state index >= 15 is 0 Å². The first kappa shape index (κ1) is 94.3. The summed E-state index contributed by atoms with van der Waals surface area (Å²) >= 11 is 0. The predicted molar refractivity (Wildman–Crippen MR) is 419 cm³/mol. The molecular weight excluding hydrogens is 1440 g/mol. The topological polar surface area (TPSA) is 328 Å². The number of aliphatic hydroxyl groups excluding tert-OH is 4. The van der Waals surface area contributed by atoms with E-state index in [-0.39, 0.29) is 37.8 Å². The SMILES string of the molecule is C[C@@H]1OC(=O)[C@@H](CC(=O)OC(C)(C)C)CCCC[C@H](O)[C@H]1O.C[C@@H]1OC(=O)[C@@H](CC(=O)OC(C)(C)C)CCCC[C@H](O)[C@H]1Oc1ccccc1.C[C@@H]1OC(=O)[C@@H](CC(=O)OC(C)(C)C)CCCC[C@H](Oc2ccccc2)[C@H]1O.C[C@@H]1OC(=O)[C@@H](CC(=O)OC(C)(C)C)CCCC[C@H](Oc2ccccc2)[C@H]1Oc1ccccc1. The average molecular weight is 1570 g/mol. The molecule has 4 aromatic rings. The van der Waals surface area contributed by atoms with E-state index in [2.05, 4.69) is 0 Å². The smallest absolute Gasteiger partial charge is 0.309 e. The molecule has 24 heteroatoms. The Morgan fingerprint density at radius 2 is 0.554 bits per heavy atom. The molecule has 624 valence electrons. The quantitative estimate of drug-likeness (QED) is 0.0598. The highest BCUT2D eigenvalue weighted by Gasteiger charge is 2.40. The van der Waals surface area contributed by atoms with Crippen LogP contribution in [0.2, 0.25) is 0 Å². The van der Waals surface area contributed by atoms with Crippen molar-refractivity contribution in [2.75, 3.05) is 0 Å². The third-order valence-corrected chi connectivity index (χ3v) is 18.6. The number of carbonyl (C=O) groups excluding carboxylic acids is 8. The molecule has 4 aliphatic rings. The van der Waals surface area contributed by atoms with Crippen LogP contribution >= 0.6 is 0 Å². The van der Waals surface area contributed by atoms with Gasteiger partial charge in [0.2, 0.25) is 0 Å². The van der Waals surface area contributed by atoms with E-state index in [1.54, 1.807) is 88.3 Å². The van der Waals surface area contributed by atoms with Gasteiger partial charge in [0.1, 0.15) is 94.2 Å². The van der Waals surface area contributed by atoms with E-state index in [9.17, 15) is 58.8 Å². The summed E-state index contributed by atoms with van der Waals surface area (Å²) in [4.78, 5) is 99.1. The van der Waals surface area contributed by atoms with Gasteiger partial charge in [-0.25, -0.2) is 0 Å². The minimum Gasteiger partial charge on any atom is -0.488 e. The number of hydrogen-bond acceptors (Lipinski definition) is 24. The fourth-order valence-corrected chi connectivity index (χ4v) is 13.1. The number of esters is 8. The molecule has 0 unspecified atom stereocenters. The lowest BCUT2D eigenvalue weighted by molar-refractivity contribution is -0.170. The minimum absolute atomic E-state index is 0.00438. The van der Waals surface area contributed by atoms with Gasteiger partial charge in [0.25, 0.3) is 0 Å². The van der Waals surface area contributed by atoms with Crippen LogP contribution in [0.1, 0.15) is 239 Å². The summed E-state index contributed by atoms with van der Waals surface area (Å²) in [6.45, 7) is 28.3. The van der Waals surface area contributed by atoms with Crippen molar-refractivity contribution in [3.8, 4) is 23.0 Å². The van der Waals surface area contributed by atoms with Gasteiger partial charge in [-0.1, -0.05) is 111 Å². The second-order valence-corrected chi connectivity index (χ2v) is 33.5. The minimum atomic E-state index is -1.11. The molecule has 4 heterocycles. The van der Waals surface area contributed by atoms with Gasteiger partial charge in [-0.05, 0) is 224 Å². The first-order valence-electron chi connectivity index (χ1n) is 39.9. The maximum atomic E-state index is 13.1. The maximum Gasteiger partial charge on any atom is 0.309 e. The molecule has 4 N–H and O–H groups in total. The van der Waals surface area contributed by atoms with Crippen LogP contribution in [0.3, 0.4) is 0 Å². The maximum absolute atomic E-state index is 13.1. The van der Waals surface area contributed by atoms with Gasteiger partial charge in [-0.3, -0.25) is 38.4 Å². The standard InChI is InChI=1S/C28H36O6.2C22H32O6.C16H28O6/c1-20-26(33-23-16-9-6-10-17-23)24(32-22-14-7-5-8-15-22)18-12-11-13-21(27(30)31-20)19-25(29)34-28(2,3)4;1-15-20(24)18(27-17-11-6-5-7-12-17)13-9-8-10-16(21(25)26-15)14-19(23)28-22(2,3)4;1-15-20(27-17-11-6-5-7-12-17)18(23)13-9-8-10-16(21(25)26-15)14-19(24)28-22(2,3)4;1-10-14(19)12(17)8-6-5-7-11(15(20)21-10)9-13(18)22-16(2,3)4/h5-10,14-17,20-21,24,26H,11-13,18-19H2,1-4H3;5-7,11-12,15-16,18,20,24H,8-10,13-14H2,1-4H3;5-7,11-12,15-16,18,20,23H,8-10,13-14H2,1-4H3;10-12,14,17,19H,5-9H2,1-4H3/t20-,21+,24-,26-;2*15-,16+,18-,20-;10-,11+,12-,14-/m0000/s1. The van der Waals surface area contributed by atoms with Gasteiger partial charge in [-0.2, -0.15) is 0 Å². The molecule has 4 saturated heterocycles. The highest BCUT2D eigenvalue weighted by Crippen LogP contribution is 2.32. The molecule has 4 fully saturated rings. The molecule has 0 spiro atoms. The van der Waals surface area contributed by atoms with Crippen molar-refractivity contribution >= 4 is 47.8 Å². The number of rotatable bonds is 16. The fraction of sp³-hybridized carbons (Fsp3) is 0.636. The summed E-state index contributed by atoms with van der Waals surface area (Å²) in [5.41, 5.74) is -2.38. The van der Waals surface area contributed by atoms with Crippen molar-refractivity contribution < 1.29 is 116 Å². The molecule has 0 aromatic heterocycles.